The van der Waals surface area contributed by atoms with Crippen LogP contribution in [0.15, 0.2) is 29.2 Å². The second-order valence-corrected chi connectivity index (χ2v) is 6.61. The van der Waals surface area contributed by atoms with Crippen LogP contribution >= 0.6 is 24.0 Å². The molecular formula is C16H17NO4S2. The lowest BCUT2D eigenvalue weighted by atomic mass is 10.2. The predicted molar refractivity (Wildman–Crippen MR) is 94.4 cm³/mol. The number of rotatable bonds is 7. The number of benzene rings is 1. The van der Waals surface area contributed by atoms with Crippen molar-refractivity contribution in [3.05, 3.63) is 34.7 Å². The minimum absolute atomic E-state index is 0.267. The molecule has 7 heteroatoms. The Morgan fingerprint density at radius 2 is 2.09 bits per heavy atom. The molecule has 5 nitrogen and oxygen atoms in total. The van der Waals surface area contributed by atoms with Crippen molar-refractivity contribution in [1.82, 2.24) is 4.90 Å². The summed E-state index contributed by atoms with van der Waals surface area (Å²) >= 11 is 6.17. The Kier molecular flexibility index (Phi) is 6.18. The van der Waals surface area contributed by atoms with E-state index in [0.717, 1.165) is 40.8 Å². The molecule has 0 spiro atoms. The molecule has 0 atom stereocenters. The fraction of sp³-hybridized carbons (Fsp3) is 0.312. The van der Waals surface area contributed by atoms with E-state index in [4.69, 9.17) is 22.1 Å². The first kappa shape index (κ1) is 17.5. The van der Waals surface area contributed by atoms with Crippen molar-refractivity contribution in [3.8, 4) is 5.75 Å². The van der Waals surface area contributed by atoms with E-state index >= 15 is 0 Å². The Hall–Kier alpha value is -1.86. The number of amides is 1. The van der Waals surface area contributed by atoms with Crippen molar-refractivity contribution in [3.63, 3.8) is 0 Å². The molecule has 1 aromatic carbocycles. The topological polar surface area (TPSA) is 66.8 Å². The van der Waals surface area contributed by atoms with Gasteiger partial charge in [0.05, 0.1) is 11.5 Å². The van der Waals surface area contributed by atoms with Crippen LogP contribution in [0.3, 0.4) is 0 Å². The zero-order valence-electron chi connectivity index (χ0n) is 12.7. The maximum atomic E-state index is 12.2. The Bertz CT molecular complexity index is 640. The number of aliphatic carboxylic acids is 1. The second kappa shape index (κ2) is 8.12. The van der Waals surface area contributed by atoms with Crippen molar-refractivity contribution in [2.75, 3.05) is 13.2 Å². The van der Waals surface area contributed by atoms with Crippen molar-refractivity contribution < 1.29 is 19.4 Å². The molecule has 0 radical (unpaired) electrons. The van der Waals surface area contributed by atoms with Gasteiger partial charge in [-0.05, 0) is 30.2 Å². The highest BCUT2D eigenvalue weighted by molar-refractivity contribution is 8.26. The molecule has 122 valence electrons. The van der Waals surface area contributed by atoms with Crippen LogP contribution in [0.1, 0.15) is 25.3 Å². The first-order valence-electron chi connectivity index (χ1n) is 7.21. The van der Waals surface area contributed by atoms with Gasteiger partial charge >= 0.3 is 5.97 Å². The van der Waals surface area contributed by atoms with Crippen LogP contribution in [-0.2, 0) is 9.59 Å². The average Bonchev–Trinajstić information content (AvgIpc) is 2.76. The van der Waals surface area contributed by atoms with Gasteiger partial charge < -0.3 is 9.84 Å². The molecule has 1 saturated heterocycles. The smallest absolute Gasteiger partial charge is 0.323 e. The third kappa shape index (κ3) is 4.80. The Morgan fingerprint density at radius 3 is 2.70 bits per heavy atom. The summed E-state index contributed by atoms with van der Waals surface area (Å²) in [6.45, 7) is 2.38. The summed E-state index contributed by atoms with van der Waals surface area (Å²) in [5.41, 5.74) is 0.837. The minimum Gasteiger partial charge on any atom is -0.494 e. The monoisotopic (exact) mass is 351 g/mol. The number of carboxylic acid groups (broad SMARTS) is 1. The molecule has 0 aromatic heterocycles. The summed E-state index contributed by atoms with van der Waals surface area (Å²) in [5, 5.41) is 8.81. The fourth-order valence-electron chi connectivity index (χ4n) is 1.92. The number of hydrogen-bond donors (Lipinski definition) is 1. The molecule has 0 saturated carbocycles. The zero-order valence-corrected chi connectivity index (χ0v) is 14.3. The van der Waals surface area contributed by atoms with Gasteiger partial charge in [-0.1, -0.05) is 49.5 Å². The van der Waals surface area contributed by atoms with Crippen LogP contribution < -0.4 is 4.74 Å². The summed E-state index contributed by atoms with van der Waals surface area (Å²) in [5.74, 6) is -0.671. The van der Waals surface area contributed by atoms with Gasteiger partial charge in [0.2, 0.25) is 0 Å². The zero-order chi connectivity index (χ0) is 16.8. The Morgan fingerprint density at radius 1 is 1.39 bits per heavy atom. The highest BCUT2D eigenvalue weighted by Crippen LogP contribution is 2.32. The molecule has 1 heterocycles. The summed E-state index contributed by atoms with van der Waals surface area (Å²) in [7, 11) is 0. The first-order valence-corrected chi connectivity index (χ1v) is 8.43. The van der Waals surface area contributed by atoms with E-state index in [1.165, 1.54) is 0 Å². The van der Waals surface area contributed by atoms with Crippen LogP contribution in [0.5, 0.6) is 5.75 Å². The van der Waals surface area contributed by atoms with Crippen molar-refractivity contribution in [1.29, 1.82) is 0 Å². The van der Waals surface area contributed by atoms with Crippen LogP contribution in [0.2, 0.25) is 0 Å². The number of nitrogens with zero attached hydrogens (tertiary/aromatic N) is 1. The number of hydrogen-bond acceptors (Lipinski definition) is 5. The molecule has 2 rings (SSSR count). The lowest BCUT2D eigenvalue weighted by molar-refractivity contribution is -0.140. The van der Waals surface area contributed by atoms with Crippen molar-refractivity contribution in [2.24, 2.45) is 0 Å². The minimum atomic E-state index is -1.09. The molecule has 0 aliphatic carbocycles. The van der Waals surface area contributed by atoms with Gasteiger partial charge in [0.1, 0.15) is 16.6 Å². The number of unbranched alkanes of at least 4 members (excludes halogenated alkanes) is 1. The normalized spacial score (nSPS) is 16.2. The average molecular weight is 351 g/mol. The standard InChI is InChI=1S/C16H17NO4S2/c1-2-3-8-21-12-6-4-11(5-7-12)9-13-15(20)17(10-14(18)19)16(22)23-13/h4-7,9H,2-3,8,10H2,1H3,(H,18,19)/b13-9+. The van der Waals surface area contributed by atoms with Crippen molar-refractivity contribution in [2.45, 2.75) is 19.8 Å². The molecular weight excluding hydrogens is 334 g/mol. The quantitative estimate of drug-likeness (QED) is 0.462. The third-order valence-corrected chi connectivity index (χ3v) is 4.49. The summed E-state index contributed by atoms with van der Waals surface area (Å²) < 4.78 is 5.85. The largest absolute Gasteiger partial charge is 0.494 e. The predicted octanol–water partition coefficient (Wildman–Crippen LogP) is 3.15. The van der Waals surface area contributed by atoms with Gasteiger partial charge in [-0.15, -0.1) is 0 Å². The van der Waals surface area contributed by atoms with E-state index in [9.17, 15) is 9.59 Å². The molecule has 0 unspecified atom stereocenters. The third-order valence-electron chi connectivity index (χ3n) is 3.11. The molecule has 23 heavy (non-hydrogen) atoms. The number of ether oxygens (including phenoxy) is 1. The van der Waals surface area contributed by atoms with E-state index < -0.39 is 12.5 Å². The molecule has 1 N–H and O–H groups in total. The number of carboxylic acids is 1. The molecule has 1 aliphatic heterocycles. The maximum Gasteiger partial charge on any atom is 0.323 e. The fourth-order valence-corrected chi connectivity index (χ4v) is 3.17. The van der Waals surface area contributed by atoms with Gasteiger partial charge in [0.25, 0.3) is 5.91 Å². The van der Waals surface area contributed by atoms with Gasteiger partial charge in [0, 0.05) is 0 Å². The van der Waals surface area contributed by atoms with Crippen LogP contribution in [0.4, 0.5) is 0 Å². The molecule has 0 bridgehead atoms. The maximum absolute atomic E-state index is 12.2. The summed E-state index contributed by atoms with van der Waals surface area (Å²) in [4.78, 5) is 24.4. The van der Waals surface area contributed by atoms with Crippen LogP contribution in [-0.4, -0.2) is 39.4 Å². The van der Waals surface area contributed by atoms with E-state index in [2.05, 4.69) is 6.92 Å². The van der Waals surface area contributed by atoms with Crippen LogP contribution in [0.25, 0.3) is 6.08 Å². The molecule has 1 aliphatic rings. The van der Waals surface area contributed by atoms with E-state index in [1.54, 1.807) is 6.08 Å². The summed E-state index contributed by atoms with van der Waals surface area (Å²) in [6.07, 6.45) is 3.79. The summed E-state index contributed by atoms with van der Waals surface area (Å²) in [6, 6.07) is 7.40. The molecule has 1 fully saturated rings. The highest BCUT2D eigenvalue weighted by atomic mass is 32.2. The number of thioether (sulfide) groups is 1. The van der Waals surface area contributed by atoms with E-state index in [0.29, 0.717) is 11.5 Å². The van der Waals surface area contributed by atoms with Crippen LogP contribution in [0, 0.1) is 0 Å². The number of carbonyl (C=O) groups is 2. The van der Waals surface area contributed by atoms with Crippen molar-refractivity contribution >= 4 is 46.3 Å². The Balaban J connectivity index is 2.05. The second-order valence-electron chi connectivity index (χ2n) is 4.93. The highest BCUT2D eigenvalue weighted by Gasteiger charge is 2.33. The van der Waals surface area contributed by atoms with Gasteiger partial charge in [0.15, 0.2) is 0 Å². The first-order chi connectivity index (χ1) is 11.0. The lowest BCUT2D eigenvalue weighted by Gasteiger charge is -2.10. The number of carbonyl (C=O) groups excluding carboxylic acids is 1. The van der Waals surface area contributed by atoms with Gasteiger partial charge in [-0.2, -0.15) is 0 Å². The number of thiocarbonyl (C=S) groups is 1. The lowest BCUT2D eigenvalue weighted by Crippen LogP contribution is -2.33. The molecule has 1 aromatic rings. The van der Waals surface area contributed by atoms with E-state index in [-0.39, 0.29) is 10.2 Å². The SMILES string of the molecule is CCCCOc1ccc(/C=C2/SC(=S)N(CC(=O)O)C2=O)cc1. The Labute approximate surface area is 144 Å². The van der Waals surface area contributed by atoms with Gasteiger partial charge in [-0.25, -0.2) is 0 Å². The van der Waals surface area contributed by atoms with E-state index in [1.807, 2.05) is 24.3 Å². The molecule has 1 amide bonds. The van der Waals surface area contributed by atoms with Gasteiger partial charge in [-0.3, -0.25) is 14.5 Å².